The van der Waals surface area contributed by atoms with Crippen LogP contribution in [0.5, 0.6) is 5.75 Å². The molecule has 0 saturated carbocycles. The molecule has 0 bridgehead atoms. The van der Waals surface area contributed by atoms with Crippen molar-refractivity contribution in [1.29, 1.82) is 0 Å². The Morgan fingerprint density at radius 1 is 1.38 bits per heavy atom. The van der Waals surface area contributed by atoms with Gasteiger partial charge in [-0.3, -0.25) is 4.79 Å². The van der Waals surface area contributed by atoms with E-state index in [1.54, 1.807) is 7.11 Å². The molecule has 4 heteroatoms. The molecule has 1 rings (SSSR count). The Morgan fingerprint density at radius 2 is 2.05 bits per heavy atom. The summed E-state index contributed by atoms with van der Waals surface area (Å²) in [5, 5.41) is 0. The maximum atomic E-state index is 12.7. The highest BCUT2D eigenvalue weighted by Gasteiger charge is 2.24. The Labute approximate surface area is 128 Å². The van der Waals surface area contributed by atoms with E-state index in [1.165, 1.54) is 0 Å². The van der Waals surface area contributed by atoms with Gasteiger partial charge in [0.25, 0.3) is 5.91 Å². The molecule has 1 aromatic rings. The van der Waals surface area contributed by atoms with E-state index in [-0.39, 0.29) is 11.3 Å². The predicted octanol–water partition coefficient (Wildman–Crippen LogP) is 2.84. The van der Waals surface area contributed by atoms with Gasteiger partial charge in [0.2, 0.25) is 0 Å². The van der Waals surface area contributed by atoms with Crippen LogP contribution in [0.25, 0.3) is 0 Å². The first-order valence-electron chi connectivity index (χ1n) is 7.48. The molecular formula is C17H28N2O2. The molecule has 0 saturated heterocycles. The molecular weight excluding hydrogens is 264 g/mol. The lowest BCUT2D eigenvalue weighted by Gasteiger charge is -2.32. The van der Waals surface area contributed by atoms with Gasteiger partial charge in [-0.2, -0.15) is 0 Å². The number of nitrogens with two attached hydrogens (primary N) is 1. The van der Waals surface area contributed by atoms with Gasteiger partial charge in [-0.1, -0.05) is 26.8 Å². The highest BCUT2D eigenvalue weighted by Crippen LogP contribution is 2.22. The Hall–Kier alpha value is -1.55. The number of nitrogens with zero attached hydrogens (tertiary/aromatic N) is 1. The summed E-state index contributed by atoms with van der Waals surface area (Å²) in [6.45, 7) is 10.2. The molecule has 1 aromatic carbocycles. The first-order valence-corrected chi connectivity index (χ1v) is 7.48. The van der Waals surface area contributed by atoms with E-state index in [0.717, 1.165) is 24.3 Å². The highest BCUT2D eigenvalue weighted by atomic mass is 16.5. The summed E-state index contributed by atoms with van der Waals surface area (Å²) in [7, 11) is 1.62. The van der Waals surface area contributed by atoms with Crippen LogP contribution in [0.2, 0.25) is 0 Å². The molecule has 0 fully saturated rings. The number of rotatable bonds is 7. The third-order valence-corrected chi connectivity index (χ3v) is 3.61. The van der Waals surface area contributed by atoms with Gasteiger partial charge >= 0.3 is 0 Å². The molecule has 2 N–H and O–H groups in total. The zero-order valence-corrected chi connectivity index (χ0v) is 13.9. The van der Waals surface area contributed by atoms with Gasteiger partial charge < -0.3 is 15.4 Å². The monoisotopic (exact) mass is 292 g/mol. The number of hydrogen-bond donors (Lipinski definition) is 1. The molecule has 0 unspecified atom stereocenters. The topological polar surface area (TPSA) is 55.6 Å². The lowest BCUT2D eigenvalue weighted by atomic mass is 9.92. The number of carbonyl (C=O) groups is 1. The fourth-order valence-electron chi connectivity index (χ4n) is 2.24. The van der Waals surface area contributed by atoms with Crippen molar-refractivity contribution in [3.63, 3.8) is 0 Å². The van der Waals surface area contributed by atoms with E-state index in [0.29, 0.717) is 18.7 Å². The lowest BCUT2D eigenvalue weighted by Crippen LogP contribution is -2.42. The third kappa shape index (κ3) is 4.74. The standard InChI is InChI=1S/C17H28N2O2/c1-6-9-19(12-17(3,4)11-18)16(20)14-8-7-13(2)15(10-14)21-5/h7-8,10H,6,9,11-12,18H2,1-5H3. The Kier molecular flexibility index (Phi) is 6.21. The van der Waals surface area contributed by atoms with Gasteiger partial charge in [0.15, 0.2) is 0 Å². The van der Waals surface area contributed by atoms with Crippen LogP contribution in [0.1, 0.15) is 43.1 Å². The summed E-state index contributed by atoms with van der Waals surface area (Å²) in [4.78, 5) is 14.6. The zero-order valence-electron chi connectivity index (χ0n) is 13.9. The highest BCUT2D eigenvalue weighted by molar-refractivity contribution is 5.94. The molecule has 0 aromatic heterocycles. The van der Waals surface area contributed by atoms with Crippen LogP contribution in [-0.2, 0) is 0 Å². The van der Waals surface area contributed by atoms with Gasteiger partial charge in [-0.15, -0.1) is 0 Å². The van der Waals surface area contributed by atoms with E-state index in [2.05, 4.69) is 20.8 Å². The van der Waals surface area contributed by atoms with Crippen LogP contribution in [0, 0.1) is 12.3 Å². The van der Waals surface area contributed by atoms with Crippen molar-refractivity contribution in [2.45, 2.75) is 34.1 Å². The minimum atomic E-state index is -0.0837. The average molecular weight is 292 g/mol. The van der Waals surface area contributed by atoms with Crippen molar-refractivity contribution in [3.8, 4) is 5.75 Å². The lowest BCUT2D eigenvalue weighted by molar-refractivity contribution is 0.0689. The number of hydrogen-bond acceptors (Lipinski definition) is 3. The average Bonchev–Trinajstić information content (AvgIpc) is 2.46. The Bertz CT molecular complexity index is 484. The predicted molar refractivity (Wildman–Crippen MR) is 86.8 cm³/mol. The Morgan fingerprint density at radius 3 is 2.57 bits per heavy atom. The third-order valence-electron chi connectivity index (χ3n) is 3.61. The first-order chi connectivity index (χ1) is 9.84. The molecule has 0 heterocycles. The van der Waals surface area contributed by atoms with Gasteiger partial charge in [0, 0.05) is 18.7 Å². The fraction of sp³-hybridized carbons (Fsp3) is 0.588. The summed E-state index contributed by atoms with van der Waals surface area (Å²) in [5.74, 6) is 0.784. The van der Waals surface area contributed by atoms with Gasteiger partial charge in [-0.05, 0) is 43.0 Å². The second-order valence-corrected chi connectivity index (χ2v) is 6.28. The number of ether oxygens (including phenoxy) is 1. The number of aryl methyl sites for hydroxylation is 1. The molecule has 1 amide bonds. The number of amides is 1. The van der Waals surface area contributed by atoms with Crippen LogP contribution in [-0.4, -0.2) is 37.6 Å². The van der Waals surface area contributed by atoms with Gasteiger partial charge in [0.1, 0.15) is 5.75 Å². The van der Waals surface area contributed by atoms with Crippen molar-refractivity contribution in [2.75, 3.05) is 26.7 Å². The first kappa shape index (κ1) is 17.5. The van der Waals surface area contributed by atoms with Crippen LogP contribution < -0.4 is 10.5 Å². The molecule has 0 radical (unpaired) electrons. The SMILES string of the molecule is CCCN(CC(C)(C)CN)C(=O)c1ccc(C)c(OC)c1. The largest absolute Gasteiger partial charge is 0.496 e. The molecule has 21 heavy (non-hydrogen) atoms. The van der Waals surface area contributed by atoms with E-state index in [9.17, 15) is 4.79 Å². The maximum absolute atomic E-state index is 12.7. The quantitative estimate of drug-likeness (QED) is 0.840. The van der Waals surface area contributed by atoms with Crippen LogP contribution in [0.3, 0.4) is 0 Å². The summed E-state index contributed by atoms with van der Waals surface area (Å²) in [5.41, 5.74) is 7.41. The van der Waals surface area contributed by atoms with Crippen LogP contribution >= 0.6 is 0 Å². The van der Waals surface area contributed by atoms with Crippen molar-refractivity contribution >= 4 is 5.91 Å². The normalized spacial score (nSPS) is 11.3. The molecule has 0 aliphatic heterocycles. The summed E-state index contributed by atoms with van der Waals surface area (Å²) < 4.78 is 5.31. The summed E-state index contributed by atoms with van der Waals surface area (Å²) in [6.07, 6.45) is 0.926. The molecule has 4 nitrogen and oxygen atoms in total. The van der Waals surface area contributed by atoms with Crippen molar-refractivity contribution < 1.29 is 9.53 Å². The van der Waals surface area contributed by atoms with E-state index in [1.807, 2.05) is 30.0 Å². The molecule has 118 valence electrons. The number of methoxy groups -OCH3 is 1. The van der Waals surface area contributed by atoms with E-state index >= 15 is 0 Å². The van der Waals surface area contributed by atoms with Gasteiger partial charge in [-0.25, -0.2) is 0 Å². The smallest absolute Gasteiger partial charge is 0.254 e. The van der Waals surface area contributed by atoms with Crippen molar-refractivity contribution in [3.05, 3.63) is 29.3 Å². The fourth-order valence-corrected chi connectivity index (χ4v) is 2.24. The zero-order chi connectivity index (χ0) is 16.0. The summed E-state index contributed by atoms with van der Waals surface area (Å²) in [6, 6.07) is 5.60. The number of benzene rings is 1. The molecule has 0 aliphatic carbocycles. The molecule has 0 spiro atoms. The van der Waals surface area contributed by atoms with Crippen LogP contribution in [0.4, 0.5) is 0 Å². The minimum Gasteiger partial charge on any atom is -0.496 e. The summed E-state index contributed by atoms with van der Waals surface area (Å²) >= 11 is 0. The minimum absolute atomic E-state index is 0.0386. The second-order valence-electron chi connectivity index (χ2n) is 6.28. The van der Waals surface area contributed by atoms with Gasteiger partial charge in [0.05, 0.1) is 7.11 Å². The van der Waals surface area contributed by atoms with Crippen LogP contribution in [0.15, 0.2) is 18.2 Å². The molecule has 0 aliphatic rings. The van der Waals surface area contributed by atoms with Crippen molar-refractivity contribution in [2.24, 2.45) is 11.1 Å². The van der Waals surface area contributed by atoms with E-state index < -0.39 is 0 Å². The second kappa shape index (κ2) is 7.46. The Balaban J connectivity index is 3.00. The maximum Gasteiger partial charge on any atom is 0.254 e. The molecule has 0 atom stereocenters. The number of carbonyl (C=O) groups excluding carboxylic acids is 1. The van der Waals surface area contributed by atoms with E-state index in [4.69, 9.17) is 10.5 Å². The van der Waals surface area contributed by atoms with Crippen molar-refractivity contribution in [1.82, 2.24) is 4.90 Å².